The first-order chi connectivity index (χ1) is 12.1. The summed E-state index contributed by atoms with van der Waals surface area (Å²) in [6.07, 6.45) is 0.964. The fraction of sp³-hybridized carbons (Fsp3) is 0.381. The molecule has 4 heteroatoms. The molecular weight excluding hydrogens is 312 g/mol. The van der Waals surface area contributed by atoms with Gasteiger partial charge in [-0.2, -0.15) is 0 Å². The van der Waals surface area contributed by atoms with E-state index >= 15 is 0 Å². The second-order valence-corrected chi connectivity index (χ2v) is 6.97. The smallest absolute Gasteiger partial charge is 0.246 e. The topological polar surface area (TPSA) is 55.6 Å². The van der Waals surface area contributed by atoms with Crippen LogP contribution in [0.5, 0.6) is 0 Å². The summed E-state index contributed by atoms with van der Waals surface area (Å²) in [5.41, 5.74) is 7.40. The number of ether oxygens (including phenoxy) is 1. The molecule has 2 atom stereocenters. The largest absolute Gasteiger partial charge is 0.376 e. The van der Waals surface area contributed by atoms with E-state index in [2.05, 4.69) is 12.1 Å². The molecule has 2 N–H and O–H groups in total. The summed E-state index contributed by atoms with van der Waals surface area (Å²) in [4.78, 5) is 14.7. The minimum Gasteiger partial charge on any atom is -0.376 e. The first kappa shape index (κ1) is 17.6. The van der Waals surface area contributed by atoms with E-state index in [9.17, 15) is 4.79 Å². The van der Waals surface area contributed by atoms with Crippen LogP contribution in [0.15, 0.2) is 60.7 Å². The Morgan fingerprint density at radius 2 is 1.80 bits per heavy atom. The molecule has 0 aromatic heterocycles. The molecule has 0 spiro atoms. The molecule has 1 aliphatic heterocycles. The number of nitrogens with two attached hydrogens (primary N) is 1. The van der Waals surface area contributed by atoms with Gasteiger partial charge in [-0.05, 0) is 24.5 Å². The van der Waals surface area contributed by atoms with Gasteiger partial charge in [-0.15, -0.1) is 0 Å². The number of carbonyl (C=O) groups is 1. The van der Waals surface area contributed by atoms with Gasteiger partial charge in [0, 0.05) is 19.0 Å². The lowest BCUT2D eigenvalue weighted by Gasteiger charge is -2.29. The summed E-state index contributed by atoms with van der Waals surface area (Å²) in [5, 5.41) is 0. The van der Waals surface area contributed by atoms with Crippen LogP contribution < -0.4 is 5.73 Å². The van der Waals surface area contributed by atoms with Crippen molar-refractivity contribution in [3.05, 3.63) is 71.8 Å². The van der Waals surface area contributed by atoms with Crippen molar-refractivity contribution >= 4 is 5.91 Å². The highest BCUT2D eigenvalue weighted by Crippen LogP contribution is 2.25. The highest BCUT2D eigenvalue weighted by atomic mass is 16.5. The standard InChI is InChI=1S/C21H26N2O2/c1-21(22,19-10-6-3-7-11-19)20(24)23-13-12-18(14-23)16-25-15-17-8-4-2-5-9-17/h2-11,18H,12-16,22H2,1H3. The number of benzene rings is 2. The van der Waals surface area contributed by atoms with Crippen LogP contribution >= 0.6 is 0 Å². The summed E-state index contributed by atoms with van der Waals surface area (Å²) >= 11 is 0. The zero-order valence-electron chi connectivity index (χ0n) is 14.7. The van der Waals surface area contributed by atoms with Crippen LogP contribution in [0, 0.1) is 5.92 Å². The third-order valence-electron chi connectivity index (χ3n) is 4.86. The van der Waals surface area contributed by atoms with Crippen molar-refractivity contribution in [2.45, 2.75) is 25.5 Å². The Morgan fingerprint density at radius 3 is 2.48 bits per heavy atom. The van der Waals surface area contributed by atoms with Gasteiger partial charge in [-0.1, -0.05) is 60.7 Å². The highest BCUT2D eigenvalue weighted by Gasteiger charge is 2.37. The van der Waals surface area contributed by atoms with Crippen LogP contribution in [0.2, 0.25) is 0 Å². The Labute approximate surface area is 149 Å². The minimum atomic E-state index is -0.985. The van der Waals surface area contributed by atoms with E-state index in [-0.39, 0.29) is 5.91 Å². The molecule has 1 saturated heterocycles. The molecule has 2 aromatic rings. The van der Waals surface area contributed by atoms with Gasteiger partial charge in [0.15, 0.2) is 0 Å². The van der Waals surface area contributed by atoms with E-state index < -0.39 is 5.54 Å². The number of amides is 1. The molecule has 1 heterocycles. The number of nitrogens with zero attached hydrogens (tertiary/aromatic N) is 1. The molecule has 1 amide bonds. The Morgan fingerprint density at radius 1 is 1.16 bits per heavy atom. The molecular formula is C21H26N2O2. The molecule has 1 fully saturated rings. The fourth-order valence-corrected chi connectivity index (χ4v) is 3.31. The monoisotopic (exact) mass is 338 g/mol. The van der Waals surface area contributed by atoms with Gasteiger partial charge in [0.05, 0.1) is 13.2 Å². The van der Waals surface area contributed by atoms with Gasteiger partial charge < -0.3 is 15.4 Å². The molecule has 0 radical (unpaired) electrons. The van der Waals surface area contributed by atoms with Gasteiger partial charge >= 0.3 is 0 Å². The summed E-state index contributed by atoms with van der Waals surface area (Å²) in [6.45, 7) is 4.55. The summed E-state index contributed by atoms with van der Waals surface area (Å²) in [7, 11) is 0. The van der Waals surface area contributed by atoms with Crippen molar-refractivity contribution in [3.8, 4) is 0 Å². The average Bonchev–Trinajstić information content (AvgIpc) is 3.11. The van der Waals surface area contributed by atoms with Crippen molar-refractivity contribution in [2.24, 2.45) is 11.7 Å². The summed E-state index contributed by atoms with van der Waals surface area (Å²) in [6, 6.07) is 19.7. The third kappa shape index (κ3) is 4.27. The second-order valence-electron chi connectivity index (χ2n) is 6.97. The van der Waals surface area contributed by atoms with Crippen LogP contribution in [0.3, 0.4) is 0 Å². The Hall–Kier alpha value is -2.17. The summed E-state index contributed by atoms with van der Waals surface area (Å²) < 4.78 is 5.83. The van der Waals surface area contributed by atoms with Crippen LogP contribution in [0.1, 0.15) is 24.5 Å². The van der Waals surface area contributed by atoms with Crippen molar-refractivity contribution in [1.29, 1.82) is 0 Å². The zero-order chi connectivity index (χ0) is 17.7. The van der Waals surface area contributed by atoms with E-state index in [1.807, 2.05) is 53.4 Å². The number of hydrogen-bond donors (Lipinski definition) is 1. The molecule has 0 aliphatic carbocycles. The number of likely N-dealkylation sites (tertiary alicyclic amines) is 1. The van der Waals surface area contributed by atoms with Gasteiger partial charge in [0.2, 0.25) is 5.91 Å². The Balaban J connectivity index is 1.51. The van der Waals surface area contributed by atoms with Crippen LogP contribution in [0.4, 0.5) is 0 Å². The third-order valence-corrected chi connectivity index (χ3v) is 4.86. The van der Waals surface area contributed by atoms with Gasteiger partial charge in [0.1, 0.15) is 5.54 Å². The van der Waals surface area contributed by atoms with Gasteiger partial charge in [0.25, 0.3) is 0 Å². The maximum Gasteiger partial charge on any atom is 0.246 e. The lowest BCUT2D eigenvalue weighted by molar-refractivity contribution is -0.135. The first-order valence-corrected chi connectivity index (χ1v) is 8.83. The van der Waals surface area contributed by atoms with E-state index in [1.165, 1.54) is 5.56 Å². The molecule has 1 aliphatic rings. The molecule has 4 nitrogen and oxygen atoms in total. The average molecular weight is 338 g/mol. The van der Waals surface area contributed by atoms with Crippen molar-refractivity contribution < 1.29 is 9.53 Å². The van der Waals surface area contributed by atoms with Crippen LogP contribution in [0.25, 0.3) is 0 Å². The maximum absolute atomic E-state index is 12.9. The lowest BCUT2D eigenvalue weighted by Crippen LogP contribution is -2.50. The molecule has 2 unspecified atom stereocenters. The van der Waals surface area contributed by atoms with Gasteiger partial charge in [-0.3, -0.25) is 4.79 Å². The quantitative estimate of drug-likeness (QED) is 0.881. The van der Waals surface area contributed by atoms with Crippen LogP contribution in [-0.4, -0.2) is 30.5 Å². The number of hydrogen-bond acceptors (Lipinski definition) is 3. The second kappa shape index (κ2) is 7.81. The minimum absolute atomic E-state index is 0.00995. The van der Waals surface area contributed by atoms with E-state index in [0.717, 1.165) is 18.5 Å². The molecule has 25 heavy (non-hydrogen) atoms. The van der Waals surface area contributed by atoms with E-state index in [0.29, 0.717) is 25.7 Å². The van der Waals surface area contributed by atoms with Crippen molar-refractivity contribution in [2.75, 3.05) is 19.7 Å². The predicted octanol–water partition coefficient (Wildman–Crippen LogP) is 2.93. The molecule has 3 rings (SSSR count). The van der Waals surface area contributed by atoms with Crippen molar-refractivity contribution in [3.63, 3.8) is 0 Å². The molecule has 0 saturated carbocycles. The number of rotatable bonds is 6. The highest BCUT2D eigenvalue weighted by molar-refractivity contribution is 5.87. The zero-order valence-corrected chi connectivity index (χ0v) is 14.7. The van der Waals surface area contributed by atoms with E-state index in [1.54, 1.807) is 6.92 Å². The summed E-state index contributed by atoms with van der Waals surface area (Å²) in [5.74, 6) is 0.364. The van der Waals surface area contributed by atoms with Crippen molar-refractivity contribution in [1.82, 2.24) is 4.90 Å². The fourth-order valence-electron chi connectivity index (χ4n) is 3.31. The molecule has 0 bridgehead atoms. The van der Waals surface area contributed by atoms with Gasteiger partial charge in [-0.25, -0.2) is 0 Å². The first-order valence-electron chi connectivity index (χ1n) is 8.83. The van der Waals surface area contributed by atoms with E-state index in [4.69, 9.17) is 10.5 Å². The number of carbonyl (C=O) groups excluding carboxylic acids is 1. The normalized spacial score (nSPS) is 19.6. The predicted molar refractivity (Wildman–Crippen MR) is 98.8 cm³/mol. The Kier molecular flexibility index (Phi) is 5.51. The molecule has 132 valence electrons. The SMILES string of the molecule is CC(N)(C(=O)N1CCC(COCc2ccccc2)C1)c1ccccc1. The Bertz CT molecular complexity index is 686. The molecule has 2 aromatic carbocycles. The lowest BCUT2D eigenvalue weighted by atomic mass is 9.92. The van der Waals surface area contributed by atoms with Crippen LogP contribution in [-0.2, 0) is 21.7 Å². The maximum atomic E-state index is 12.9.